The van der Waals surface area contributed by atoms with Crippen LogP contribution in [0.3, 0.4) is 0 Å². The van der Waals surface area contributed by atoms with Crippen molar-refractivity contribution in [1.82, 2.24) is 9.88 Å². The third-order valence-corrected chi connectivity index (χ3v) is 11.4. The van der Waals surface area contributed by atoms with Gasteiger partial charge in [-0.1, -0.05) is 121 Å². The zero-order valence-corrected chi connectivity index (χ0v) is 30.7. The summed E-state index contributed by atoms with van der Waals surface area (Å²) in [5.41, 5.74) is 14.1. The monoisotopic (exact) mass is 731 g/mol. The van der Waals surface area contributed by atoms with Crippen LogP contribution >= 0.6 is 0 Å². The molecule has 268 valence electrons. The summed E-state index contributed by atoms with van der Waals surface area (Å²) in [6.07, 6.45) is 1.84. The molecule has 0 saturated heterocycles. The van der Waals surface area contributed by atoms with Crippen molar-refractivity contribution in [3.8, 4) is 16.8 Å². The lowest BCUT2D eigenvalue weighted by atomic mass is 10.0. The van der Waals surface area contributed by atoms with Crippen molar-refractivity contribution in [3.63, 3.8) is 0 Å². The maximum absolute atomic E-state index is 6.71. The van der Waals surface area contributed by atoms with Crippen LogP contribution in [-0.2, 0) is 0 Å². The molecule has 1 aliphatic rings. The predicted molar refractivity (Wildman–Crippen MR) is 234 cm³/mol. The summed E-state index contributed by atoms with van der Waals surface area (Å²) in [7, 11) is 0. The first kappa shape index (κ1) is 31.7. The van der Waals surface area contributed by atoms with Crippen molar-refractivity contribution in [2.75, 3.05) is 0 Å². The Kier molecular flexibility index (Phi) is 6.92. The lowest BCUT2D eigenvalue weighted by Gasteiger charge is -2.25. The average Bonchev–Trinajstić information content (AvgIpc) is 3.96. The molecule has 0 aliphatic carbocycles. The number of nitrogens with zero attached hydrogens (tertiary/aromatic N) is 2. The van der Waals surface area contributed by atoms with Gasteiger partial charge >= 0.3 is 0 Å². The molecule has 12 rings (SSSR count). The van der Waals surface area contributed by atoms with Crippen LogP contribution in [0.4, 0.5) is 0 Å². The van der Waals surface area contributed by atoms with Crippen LogP contribution in [0.2, 0.25) is 0 Å². The molecule has 0 spiro atoms. The Morgan fingerprint density at radius 1 is 0.439 bits per heavy atom. The van der Waals surface area contributed by atoms with E-state index < -0.39 is 0 Å². The summed E-state index contributed by atoms with van der Waals surface area (Å²) < 4.78 is 15.8. The minimum absolute atomic E-state index is 0.295. The number of rotatable bonds is 5. The molecule has 1 N–H and O–H groups in total. The highest BCUT2D eigenvalue weighted by molar-refractivity contribution is 6.19. The number of nitrogens with one attached hydrogen (secondary N) is 1. The van der Waals surface area contributed by atoms with Gasteiger partial charge in [-0.2, -0.15) is 0 Å². The number of furan rings is 2. The number of fused-ring (bicyclic) bond motifs is 10. The van der Waals surface area contributed by atoms with Gasteiger partial charge < -0.3 is 18.7 Å². The second-order valence-electron chi connectivity index (χ2n) is 14.8. The highest BCUT2D eigenvalue weighted by Gasteiger charge is 2.22. The molecule has 1 unspecified atom stereocenters. The number of hydrogen-bond acceptors (Lipinski definition) is 4. The van der Waals surface area contributed by atoms with E-state index in [1.165, 1.54) is 21.8 Å². The van der Waals surface area contributed by atoms with Crippen molar-refractivity contribution in [2.45, 2.75) is 6.17 Å². The van der Waals surface area contributed by atoms with Crippen LogP contribution in [0.15, 0.2) is 202 Å². The van der Waals surface area contributed by atoms with Crippen LogP contribution in [0.25, 0.3) is 88.2 Å². The first-order valence-electron chi connectivity index (χ1n) is 19.3. The van der Waals surface area contributed by atoms with Crippen LogP contribution < -0.4 is 5.32 Å². The molecule has 3 aromatic heterocycles. The van der Waals surface area contributed by atoms with E-state index in [-0.39, 0.29) is 6.17 Å². The summed E-state index contributed by atoms with van der Waals surface area (Å²) in [6, 6.07) is 64.0. The van der Waals surface area contributed by atoms with Gasteiger partial charge in [-0.05, 0) is 89.0 Å². The molecule has 0 amide bonds. The van der Waals surface area contributed by atoms with Gasteiger partial charge in [0.2, 0.25) is 0 Å². The molecule has 0 radical (unpaired) electrons. The predicted octanol–water partition coefficient (Wildman–Crippen LogP) is 13.4. The van der Waals surface area contributed by atoms with E-state index in [0.29, 0.717) is 0 Å². The fraction of sp³-hybridized carbons (Fsp3) is 0.0192. The van der Waals surface area contributed by atoms with Crippen LogP contribution in [-0.4, -0.2) is 10.3 Å². The molecule has 5 nitrogen and oxygen atoms in total. The van der Waals surface area contributed by atoms with Gasteiger partial charge in [-0.15, -0.1) is 0 Å². The van der Waals surface area contributed by atoms with Gasteiger partial charge in [-0.3, -0.25) is 4.99 Å². The lowest BCUT2D eigenvalue weighted by Crippen LogP contribution is -2.24. The van der Waals surface area contributed by atoms with Gasteiger partial charge in [-0.25, -0.2) is 0 Å². The Morgan fingerprint density at radius 3 is 1.77 bits per heavy atom. The number of allylic oxidation sites excluding steroid dienone is 1. The normalized spacial score (nSPS) is 14.5. The van der Waals surface area contributed by atoms with E-state index in [2.05, 4.69) is 186 Å². The maximum Gasteiger partial charge on any atom is 0.178 e. The number of hydrogen-bond donors (Lipinski definition) is 1. The number of aromatic nitrogens is 1. The van der Waals surface area contributed by atoms with E-state index in [4.69, 9.17) is 13.8 Å². The molecule has 1 atom stereocenters. The van der Waals surface area contributed by atoms with Crippen LogP contribution in [0.1, 0.15) is 22.9 Å². The largest absolute Gasteiger partial charge is 0.452 e. The van der Waals surface area contributed by atoms with Crippen LogP contribution in [0, 0.1) is 0 Å². The Bertz CT molecular complexity index is 3420. The van der Waals surface area contributed by atoms with Gasteiger partial charge in [0.15, 0.2) is 11.2 Å². The van der Waals surface area contributed by atoms with Crippen molar-refractivity contribution in [1.29, 1.82) is 0 Å². The third-order valence-electron chi connectivity index (χ3n) is 11.4. The van der Waals surface area contributed by atoms with Crippen molar-refractivity contribution >= 4 is 77.1 Å². The first-order chi connectivity index (χ1) is 28.2. The fourth-order valence-electron chi connectivity index (χ4n) is 8.69. The SMILES string of the molecule is C1=C(c2ccccc2)NC(c2ccc3c(c2)oc2c3ccc3c4ccc(-c5ccc6c(c5)c5ccccc5n6-c5ccccc5)cc4oc32)N=C1c1ccccc1. The molecule has 11 aromatic rings. The maximum atomic E-state index is 6.71. The van der Waals surface area contributed by atoms with Crippen molar-refractivity contribution < 1.29 is 8.83 Å². The number of para-hydroxylation sites is 2. The minimum Gasteiger partial charge on any atom is -0.452 e. The summed E-state index contributed by atoms with van der Waals surface area (Å²) in [5.74, 6) is 0. The highest BCUT2D eigenvalue weighted by Crippen LogP contribution is 2.41. The molecule has 57 heavy (non-hydrogen) atoms. The van der Waals surface area contributed by atoms with E-state index in [1.54, 1.807) is 0 Å². The van der Waals surface area contributed by atoms with Crippen molar-refractivity contribution in [3.05, 3.63) is 205 Å². The number of benzene rings is 8. The molecule has 4 heterocycles. The zero-order chi connectivity index (χ0) is 37.5. The van der Waals surface area contributed by atoms with Gasteiger partial charge in [0.25, 0.3) is 0 Å². The Hall–Kier alpha value is -7.63. The molecule has 8 aromatic carbocycles. The van der Waals surface area contributed by atoms with E-state index in [0.717, 1.165) is 88.8 Å². The molecular weight excluding hydrogens is 699 g/mol. The van der Waals surface area contributed by atoms with Gasteiger partial charge in [0.05, 0.1) is 16.7 Å². The number of aliphatic imine (C=N–C) groups is 1. The van der Waals surface area contributed by atoms with Gasteiger partial charge in [0, 0.05) is 49.3 Å². The van der Waals surface area contributed by atoms with Crippen LogP contribution in [0.5, 0.6) is 0 Å². The summed E-state index contributed by atoms with van der Waals surface area (Å²) in [6.45, 7) is 0. The molecule has 0 saturated carbocycles. The smallest absolute Gasteiger partial charge is 0.178 e. The Balaban J connectivity index is 0.942. The Morgan fingerprint density at radius 2 is 1.02 bits per heavy atom. The Labute approximate surface area is 327 Å². The quantitative estimate of drug-likeness (QED) is 0.192. The lowest BCUT2D eigenvalue weighted by molar-refractivity contribution is 0.629. The van der Waals surface area contributed by atoms with E-state index in [1.807, 2.05) is 12.1 Å². The molecule has 1 aliphatic heterocycles. The molecule has 5 heteroatoms. The van der Waals surface area contributed by atoms with E-state index in [9.17, 15) is 0 Å². The highest BCUT2D eigenvalue weighted by atomic mass is 16.4. The summed E-state index contributed by atoms with van der Waals surface area (Å²) >= 11 is 0. The zero-order valence-electron chi connectivity index (χ0n) is 30.7. The second-order valence-corrected chi connectivity index (χ2v) is 14.8. The van der Waals surface area contributed by atoms with Crippen molar-refractivity contribution in [2.24, 2.45) is 4.99 Å². The topological polar surface area (TPSA) is 55.6 Å². The van der Waals surface area contributed by atoms with E-state index >= 15 is 0 Å². The summed E-state index contributed by atoms with van der Waals surface area (Å²) in [5, 5.41) is 10.3. The third kappa shape index (κ3) is 5.06. The molecular formula is C52H33N3O2. The fourth-order valence-corrected chi connectivity index (χ4v) is 8.69. The molecule has 0 fully saturated rings. The van der Waals surface area contributed by atoms with Gasteiger partial charge in [0.1, 0.15) is 17.3 Å². The minimum atomic E-state index is -0.295. The summed E-state index contributed by atoms with van der Waals surface area (Å²) in [4.78, 5) is 5.19. The second kappa shape index (κ2) is 12.4. The molecule has 0 bridgehead atoms. The average molecular weight is 732 g/mol. The standard InChI is InChI=1S/C52H33N3O2/c1-4-12-32(13-5-1)44-31-45(33-14-6-2-7-15-33)54-52(53-44)36-21-24-40-42-26-25-41-39-23-20-35(29-48(39)56-50(41)51(42)57-49(40)30-36)34-22-27-47-43(28-34)38-18-10-11-19-46(38)55(47)37-16-8-3-9-17-37/h1-31,52-53H. The first-order valence-corrected chi connectivity index (χ1v) is 19.3.